The zero-order valence-corrected chi connectivity index (χ0v) is 9.38. The van der Waals surface area contributed by atoms with Crippen molar-refractivity contribution in [3.8, 4) is 0 Å². The van der Waals surface area contributed by atoms with Crippen LogP contribution < -0.4 is 10.6 Å². The van der Waals surface area contributed by atoms with E-state index in [2.05, 4.69) is 10.6 Å². The lowest BCUT2D eigenvalue weighted by Crippen LogP contribution is -2.26. The quantitative estimate of drug-likeness (QED) is 0.576. The Bertz CT molecular complexity index is 131. The summed E-state index contributed by atoms with van der Waals surface area (Å²) in [5.74, 6) is 0.734. The Morgan fingerprint density at radius 3 is 2.54 bits per heavy atom. The summed E-state index contributed by atoms with van der Waals surface area (Å²) in [5, 5.41) is 5.98. The third kappa shape index (κ3) is 9.70. The van der Waals surface area contributed by atoms with E-state index in [1.54, 1.807) is 11.8 Å². The van der Waals surface area contributed by atoms with Gasteiger partial charge < -0.3 is 10.6 Å². The van der Waals surface area contributed by atoms with Gasteiger partial charge in [-0.05, 0) is 32.7 Å². The predicted molar refractivity (Wildman–Crippen MR) is 59.2 cm³/mol. The third-order valence-electron chi connectivity index (χ3n) is 1.70. The van der Waals surface area contributed by atoms with E-state index in [4.69, 9.17) is 0 Å². The van der Waals surface area contributed by atoms with Crippen molar-refractivity contribution in [2.24, 2.45) is 0 Å². The number of nitrogens with one attached hydrogen (secondary N) is 2. The van der Waals surface area contributed by atoms with E-state index in [1.807, 2.05) is 13.3 Å². The highest BCUT2D eigenvalue weighted by atomic mass is 32.2. The molecular formula is C9H20N2OS. The maximum Gasteiger partial charge on any atom is 0.229 e. The van der Waals surface area contributed by atoms with Crippen LogP contribution in [0.15, 0.2) is 0 Å². The standard InChI is InChI=1S/C9H20N2OS/c1-10-6-4-3-5-7-11-9(12)8-13-2/h10H,3-8H2,1-2H3,(H,11,12). The zero-order chi connectivity index (χ0) is 9.94. The number of thioether (sulfide) groups is 1. The molecule has 0 saturated heterocycles. The van der Waals surface area contributed by atoms with Crippen molar-refractivity contribution in [2.45, 2.75) is 19.3 Å². The summed E-state index contributed by atoms with van der Waals surface area (Å²) in [6.07, 6.45) is 5.39. The first-order valence-corrected chi connectivity index (χ1v) is 6.11. The van der Waals surface area contributed by atoms with Crippen molar-refractivity contribution in [3.63, 3.8) is 0 Å². The molecule has 0 saturated carbocycles. The maximum absolute atomic E-state index is 11.0. The summed E-state index contributed by atoms with van der Waals surface area (Å²) in [6.45, 7) is 1.89. The Morgan fingerprint density at radius 1 is 1.23 bits per heavy atom. The van der Waals surface area contributed by atoms with Crippen molar-refractivity contribution in [1.29, 1.82) is 0 Å². The van der Waals surface area contributed by atoms with Crippen LogP contribution in [0.1, 0.15) is 19.3 Å². The Labute approximate surface area is 85.0 Å². The van der Waals surface area contributed by atoms with Crippen molar-refractivity contribution in [3.05, 3.63) is 0 Å². The van der Waals surface area contributed by atoms with E-state index in [0.29, 0.717) is 5.75 Å². The van der Waals surface area contributed by atoms with Crippen molar-refractivity contribution in [1.82, 2.24) is 10.6 Å². The minimum Gasteiger partial charge on any atom is -0.355 e. The molecule has 0 aliphatic heterocycles. The highest BCUT2D eigenvalue weighted by Gasteiger charge is 1.97. The van der Waals surface area contributed by atoms with Crippen LogP contribution in [0.25, 0.3) is 0 Å². The fourth-order valence-electron chi connectivity index (χ4n) is 1.01. The van der Waals surface area contributed by atoms with Crippen molar-refractivity contribution >= 4 is 17.7 Å². The predicted octanol–water partition coefficient (Wildman–Crippen LogP) is 0.855. The van der Waals surface area contributed by atoms with Gasteiger partial charge in [-0.2, -0.15) is 11.8 Å². The molecule has 0 rings (SSSR count). The van der Waals surface area contributed by atoms with Gasteiger partial charge in [0.25, 0.3) is 0 Å². The number of rotatable bonds is 8. The Hall–Kier alpha value is -0.220. The molecule has 13 heavy (non-hydrogen) atoms. The van der Waals surface area contributed by atoms with Crippen molar-refractivity contribution < 1.29 is 4.79 Å². The Morgan fingerprint density at radius 2 is 1.92 bits per heavy atom. The summed E-state index contributed by atoms with van der Waals surface area (Å²) >= 11 is 1.56. The van der Waals surface area contributed by atoms with E-state index in [-0.39, 0.29) is 5.91 Å². The molecule has 0 aliphatic rings. The highest BCUT2D eigenvalue weighted by molar-refractivity contribution is 7.99. The van der Waals surface area contributed by atoms with Crippen LogP contribution >= 0.6 is 11.8 Å². The topological polar surface area (TPSA) is 41.1 Å². The number of hydrogen-bond acceptors (Lipinski definition) is 3. The smallest absolute Gasteiger partial charge is 0.229 e. The van der Waals surface area contributed by atoms with Gasteiger partial charge in [0.05, 0.1) is 5.75 Å². The van der Waals surface area contributed by atoms with Gasteiger partial charge in [-0.1, -0.05) is 6.42 Å². The van der Waals surface area contributed by atoms with Crippen molar-refractivity contribution in [2.75, 3.05) is 32.1 Å². The fourth-order valence-corrected chi connectivity index (χ4v) is 1.38. The molecular weight excluding hydrogens is 184 g/mol. The molecule has 3 nitrogen and oxygen atoms in total. The van der Waals surface area contributed by atoms with E-state index >= 15 is 0 Å². The molecule has 2 N–H and O–H groups in total. The molecule has 78 valence electrons. The van der Waals surface area contributed by atoms with Crippen LogP contribution in [-0.4, -0.2) is 38.1 Å². The normalized spacial score (nSPS) is 10.0. The lowest BCUT2D eigenvalue weighted by molar-refractivity contribution is -0.118. The van der Waals surface area contributed by atoms with Crippen LogP contribution in [0.2, 0.25) is 0 Å². The van der Waals surface area contributed by atoms with Gasteiger partial charge in [0, 0.05) is 6.54 Å². The van der Waals surface area contributed by atoms with Gasteiger partial charge in [-0.15, -0.1) is 0 Å². The molecule has 0 unspecified atom stereocenters. The largest absolute Gasteiger partial charge is 0.355 e. The Balaban J connectivity index is 3.02. The van der Waals surface area contributed by atoms with Gasteiger partial charge in [0.15, 0.2) is 0 Å². The summed E-state index contributed by atoms with van der Waals surface area (Å²) < 4.78 is 0. The lowest BCUT2D eigenvalue weighted by atomic mass is 10.2. The first kappa shape index (κ1) is 12.8. The summed E-state index contributed by atoms with van der Waals surface area (Å²) in [7, 11) is 1.96. The second-order valence-electron chi connectivity index (χ2n) is 2.95. The fraction of sp³-hybridized carbons (Fsp3) is 0.889. The number of carbonyl (C=O) groups is 1. The first-order chi connectivity index (χ1) is 6.31. The minimum absolute atomic E-state index is 0.154. The van der Waals surface area contributed by atoms with Gasteiger partial charge in [0.2, 0.25) is 5.91 Å². The summed E-state index contributed by atoms with van der Waals surface area (Å²) in [5.41, 5.74) is 0. The molecule has 0 heterocycles. The summed E-state index contributed by atoms with van der Waals surface area (Å²) in [6, 6.07) is 0. The SMILES string of the molecule is CNCCCCCNC(=O)CSC. The van der Waals surface area contributed by atoms with Crippen LogP contribution in [-0.2, 0) is 4.79 Å². The lowest BCUT2D eigenvalue weighted by Gasteiger charge is -2.03. The zero-order valence-electron chi connectivity index (χ0n) is 8.56. The molecule has 4 heteroatoms. The van der Waals surface area contributed by atoms with E-state index in [1.165, 1.54) is 12.8 Å². The third-order valence-corrected chi connectivity index (χ3v) is 2.25. The number of unbranched alkanes of at least 4 members (excludes halogenated alkanes) is 2. The number of hydrogen-bond donors (Lipinski definition) is 2. The molecule has 0 aromatic carbocycles. The van der Waals surface area contributed by atoms with Gasteiger partial charge in [0.1, 0.15) is 0 Å². The van der Waals surface area contributed by atoms with Crippen LogP contribution in [0.5, 0.6) is 0 Å². The molecule has 0 aromatic rings. The second-order valence-corrected chi connectivity index (χ2v) is 3.81. The molecule has 0 atom stereocenters. The van der Waals surface area contributed by atoms with E-state index in [9.17, 15) is 4.79 Å². The average Bonchev–Trinajstić information content (AvgIpc) is 2.11. The molecule has 0 aliphatic carbocycles. The van der Waals surface area contributed by atoms with E-state index in [0.717, 1.165) is 19.5 Å². The summed E-state index contributed by atoms with van der Waals surface area (Å²) in [4.78, 5) is 11.0. The highest BCUT2D eigenvalue weighted by Crippen LogP contribution is 1.93. The second kappa shape index (κ2) is 9.86. The number of carbonyl (C=O) groups excluding carboxylic acids is 1. The minimum atomic E-state index is 0.154. The first-order valence-electron chi connectivity index (χ1n) is 4.71. The number of amides is 1. The molecule has 0 radical (unpaired) electrons. The molecule has 0 fully saturated rings. The molecule has 0 bridgehead atoms. The van der Waals surface area contributed by atoms with Crippen LogP contribution in [0.3, 0.4) is 0 Å². The van der Waals surface area contributed by atoms with Gasteiger partial charge >= 0.3 is 0 Å². The molecule has 1 amide bonds. The van der Waals surface area contributed by atoms with Gasteiger partial charge in [-0.25, -0.2) is 0 Å². The molecule has 0 spiro atoms. The van der Waals surface area contributed by atoms with E-state index < -0.39 is 0 Å². The molecule has 0 aromatic heterocycles. The van der Waals surface area contributed by atoms with Crippen LogP contribution in [0, 0.1) is 0 Å². The van der Waals surface area contributed by atoms with Gasteiger partial charge in [-0.3, -0.25) is 4.79 Å². The maximum atomic E-state index is 11.0. The average molecular weight is 204 g/mol. The van der Waals surface area contributed by atoms with Crippen LogP contribution in [0.4, 0.5) is 0 Å². The monoisotopic (exact) mass is 204 g/mol. The Kier molecular flexibility index (Phi) is 9.70.